The number of anilines is 1. The van der Waals surface area contributed by atoms with E-state index in [9.17, 15) is 10.1 Å². The molecule has 2 N–H and O–H groups in total. The van der Waals surface area contributed by atoms with Gasteiger partial charge in [0, 0.05) is 13.2 Å². The van der Waals surface area contributed by atoms with Crippen molar-refractivity contribution < 1.29 is 9.66 Å². The van der Waals surface area contributed by atoms with Gasteiger partial charge < -0.3 is 20.2 Å². The van der Waals surface area contributed by atoms with Crippen molar-refractivity contribution in [3.05, 3.63) is 16.3 Å². The van der Waals surface area contributed by atoms with Crippen molar-refractivity contribution in [3.63, 3.8) is 0 Å². The van der Waals surface area contributed by atoms with Gasteiger partial charge in [0.25, 0.3) is 0 Å². The third-order valence-electron chi connectivity index (χ3n) is 1.57. The maximum Gasteiger partial charge on any atom is 0.366 e. The van der Waals surface area contributed by atoms with Gasteiger partial charge in [-0.05, 0) is 11.8 Å². The smallest absolute Gasteiger partial charge is 0.366 e. The van der Waals surface area contributed by atoms with Gasteiger partial charge in [0.05, 0.1) is 6.61 Å². The highest BCUT2D eigenvalue weighted by atomic mass is 16.6. The minimum Gasteiger partial charge on any atom is -0.380 e. The van der Waals surface area contributed by atoms with E-state index in [1.807, 2.05) is 6.92 Å². The summed E-state index contributed by atoms with van der Waals surface area (Å²) in [6, 6.07) is 0. The number of hydrogen-bond donors (Lipinski definition) is 2. The average molecular weight is 200 g/mol. The van der Waals surface area contributed by atoms with Crippen molar-refractivity contribution in [1.82, 2.24) is 10.2 Å². The Kier molecular flexibility index (Phi) is 3.86. The van der Waals surface area contributed by atoms with Gasteiger partial charge in [-0.2, -0.15) is 0 Å². The highest BCUT2D eigenvalue weighted by Gasteiger charge is 2.13. The number of rotatable bonds is 6. The molecule has 7 nitrogen and oxygen atoms in total. The van der Waals surface area contributed by atoms with Crippen LogP contribution in [0.4, 0.5) is 11.5 Å². The van der Waals surface area contributed by atoms with E-state index in [1.165, 1.54) is 6.20 Å². The molecule has 0 saturated heterocycles. The lowest BCUT2D eigenvalue weighted by molar-refractivity contribution is -0.388. The van der Waals surface area contributed by atoms with Gasteiger partial charge in [-0.25, -0.2) is 0 Å². The molecule has 0 bridgehead atoms. The van der Waals surface area contributed by atoms with Crippen LogP contribution in [0, 0.1) is 10.1 Å². The van der Waals surface area contributed by atoms with E-state index < -0.39 is 4.92 Å². The van der Waals surface area contributed by atoms with Gasteiger partial charge >= 0.3 is 5.82 Å². The number of nitrogens with zero attached hydrogens (tertiary/aromatic N) is 2. The molecule has 1 aromatic rings. The number of hydrogen-bond acceptors (Lipinski definition) is 5. The lowest BCUT2D eigenvalue weighted by Gasteiger charge is -2.03. The monoisotopic (exact) mass is 200 g/mol. The van der Waals surface area contributed by atoms with Crippen LogP contribution < -0.4 is 5.32 Å². The third-order valence-corrected chi connectivity index (χ3v) is 1.57. The van der Waals surface area contributed by atoms with Gasteiger partial charge in [0.2, 0.25) is 0 Å². The third kappa shape index (κ3) is 2.70. The van der Waals surface area contributed by atoms with Crippen molar-refractivity contribution in [2.75, 3.05) is 25.1 Å². The van der Waals surface area contributed by atoms with E-state index in [4.69, 9.17) is 4.74 Å². The molecular weight excluding hydrogens is 188 g/mol. The Bertz CT molecular complexity index is 299. The molecule has 7 heteroatoms. The molecule has 0 unspecified atom stereocenters. The number of nitrogens with one attached hydrogen (secondary N) is 2. The Hall–Kier alpha value is -1.63. The highest BCUT2D eigenvalue weighted by molar-refractivity contribution is 5.55. The van der Waals surface area contributed by atoms with Crippen molar-refractivity contribution in [3.8, 4) is 0 Å². The predicted molar refractivity (Wildman–Crippen MR) is 50.2 cm³/mol. The van der Waals surface area contributed by atoms with Crippen LogP contribution in [0.1, 0.15) is 6.92 Å². The van der Waals surface area contributed by atoms with Crippen LogP contribution in [0.2, 0.25) is 0 Å². The van der Waals surface area contributed by atoms with Crippen molar-refractivity contribution in [2.45, 2.75) is 6.92 Å². The normalized spacial score (nSPS) is 10.1. The molecule has 0 aliphatic carbocycles. The lowest BCUT2D eigenvalue weighted by atomic mass is 10.5. The zero-order valence-electron chi connectivity index (χ0n) is 7.82. The Balaban J connectivity index is 2.42. The zero-order valence-corrected chi connectivity index (χ0v) is 7.82. The summed E-state index contributed by atoms with van der Waals surface area (Å²) in [5, 5.41) is 19.1. The Morgan fingerprint density at radius 2 is 2.57 bits per heavy atom. The van der Waals surface area contributed by atoms with Crippen molar-refractivity contribution in [1.29, 1.82) is 0 Å². The number of aromatic amines is 1. The van der Waals surface area contributed by atoms with Crippen molar-refractivity contribution in [2.24, 2.45) is 0 Å². The molecule has 14 heavy (non-hydrogen) atoms. The molecule has 0 amide bonds. The number of H-pyrrole nitrogens is 1. The van der Waals surface area contributed by atoms with Crippen LogP contribution in [0.15, 0.2) is 6.20 Å². The minimum atomic E-state index is -0.518. The second-order valence-electron chi connectivity index (χ2n) is 2.51. The van der Waals surface area contributed by atoms with E-state index in [0.717, 1.165) is 0 Å². The van der Waals surface area contributed by atoms with Crippen LogP contribution in [0.3, 0.4) is 0 Å². The lowest BCUT2D eigenvalue weighted by Crippen LogP contribution is -2.09. The van der Waals surface area contributed by atoms with Crippen LogP contribution in [-0.4, -0.2) is 34.9 Å². The Labute approximate surface area is 80.6 Å². The SMILES string of the molecule is CCOCCNc1cn[nH]c1[N+](=O)[O-]. The summed E-state index contributed by atoms with van der Waals surface area (Å²) >= 11 is 0. The van der Waals surface area contributed by atoms with Gasteiger partial charge in [-0.1, -0.05) is 5.10 Å². The number of nitro groups is 1. The average Bonchev–Trinajstić information content (AvgIpc) is 2.60. The topological polar surface area (TPSA) is 93.1 Å². The fraction of sp³-hybridized carbons (Fsp3) is 0.571. The number of ether oxygens (including phenoxy) is 1. The predicted octanol–water partition coefficient (Wildman–Crippen LogP) is 0.766. The zero-order chi connectivity index (χ0) is 10.4. The van der Waals surface area contributed by atoms with E-state index >= 15 is 0 Å². The second kappa shape index (κ2) is 5.18. The molecule has 0 radical (unpaired) electrons. The van der Waals surface area contributed by atoms with E-state index in [1.54, 1.807) is 0 Å². The molecule has 1 aromatic heterocycles. The standard InChI is InChI=1S/C7H12N4O3/c1-2-14-4-3-8-6-5-9-10-7(6)11(12)13/h5,8H,2-4H2,1H3,(H,9,10). The largest absolute Gasteiger partial charge is 0.380 e. The van der Waals surface area contributed by atoms with Crippen LogP contribution in [-0.2, 0) is 4.74 Å². The second-order valence-corrected chi connectivity index (χ2v) is 2.51. The first-order chi connectivity index (χ1) is 6.75. The van der Waals surface area contributed by atoms with E-state index in [2.05, 4.69) is 15.5 Å². The first-order valence-corrected chi connectivity index (χ1v) is 4.25. The summed E-state index contributed by atoms with van der Waals surface area (Å²) in [4.78, 5) is 9.92. The fourth-order valence-corrected chi connectivity index (χ4v) is 0.950. The summed E-state index contributed by atoms with van der Waals surface area (Å²) in [7, 11) is 0. The number of aromatic nitrogens is 2. The first-order valence-electron chi connectivity index (χ1n) is 4.25. The van der Waals surface area contributed by atoms with E-state index in [-0.39, 0.29) is 5.82 Å². The molecule has 0 aromatic carbocycles. The highest BCUT2D eigenvalue weighted by Crippen LogP contribution is 2.18. The minimum absolute atomic E-state index is 0.124. The van der Waals surface area contributed by atoms with Gasteiger partial charge in [-0.3, -0.25) is 0 Å². The molecule has 0 spiro atoms. The molecule has 0 aliphatic heterocycles. The van der Waals surface area contributed by atoms with Gasteiger partial charge in [0.1, 0.15) is 6.20 Å². The maximum absolute atomic E-state index is 10.4. The van der Waals surface area contributed by atoms with Crippen LogP contribution in [0.5, 0.6) is 0 Å². The Morgan fingerprint density at radius 1 is 1.79 bits per heavy atom. The molecule has 1 heterocycles. The van der Waals surface area contributed by atoms with Gasteiger partial charge in [0.15, 0.2) is 5.69 Å². The summed E-state index contributed by atoms with van der Waals surface area (Å²) in [5.41, 5.74) is 0.384. The molecule has 0 atom stereocenters. The summed E-state index contributed by atoms with van der Waals surface area (Å²) in [6.07, 6.45) is 1.38. The molecule has 0 saturated carbocycles. The fourth-order valence-electron chi connectivity index (χ4n) is 0.950. The molecule has 0 fully saturated rings. The molecule has 1 rings (SSSR count). The summed E-state index contributed by atoms with van der Waals surface area (Å²) in [5.74, 6) is -0.124. The summed E-state index contributed by atoms with van der Waals surface area (Å²) in [6.45, 7) is 3.56. The Morgan fingerprint density at radius 3 is 3.21 bits per heavy atom. The van der Waals surface area contributed by atoms with Crippen molar-refractivity contribution >= 4 is 11.5 Å². The van der Waals surface area contributed by atoms with E-state index in [0.29, 0.717) is 25.4 Å². The molecular formula is C7H12N4O3. The first kappa shape index (κ1) is 10.5. The summed E-state index contributed by atoms with van der Waals surface area (Å²) < 4.78 is 5.07. The van der Waals surface area contributed by atoms with Crippen LogP contribution in [0.25, 0.3) is 0 Å². The molecule has 78 valence electrons. The quantitative estimate of drug-likeness (QED) is 0.402. The van der Waals surface area contributed by atoms with Gasteiger partial charge in [-0.15, -0.1) is 5.10 Å². The molecule has 0 aliphatic rings. The maximum atomic E-state index is 10.4. The van der Waals surface area contributed by atoms with Crippen LogP contribution >= 0.6 is 0 Å².